The Balaban J connectivity index is 1.19. The van der Waals surface area contributed by atoms with E-state index in [0.29, 0.717) is 6.42 Å². The molecule has 0 aliphatic heterocycles. The minimum atomic E-state index is 0.0921. The molecular formula is C32H39N3O2. The fourth-order valence-electron chi connectivity index (χ4n) is 4.59. The van der Waals surface area contributed by atoms with Crippen LogP contribution in [0.1, 0.15) is 54.6 Å². The second-order valence-electron chi connectivity index (χ2n) is 9.79. The number of aromatic nitrogens is 2. The monoisotopic (exact) mass is 497 g/mol. The van der Waals surface area contributed by atoms with Gasteiger partial charge in [-0.2, -0.15) is 0 Å². The Kier molecular flexibility index (Phi) is 9.75. The highest BCUT2D eigenvalue weighted by atomic mass is 16.5. The van der Waals surface area contributed by atoms with E-state index in [1.807, 2.05) is 30.3 Å². The summed E-state index contributed by atoms with van der Waals surface area (Å²) >= 11 is 0. The van der Waals surface area contributed by atoms with E-state index in [1.165, 1.54) is 16.6 Å². The number of nitrogens with zero attached hydrogens (tertiary/aromatic N) is 2. The SMILES string of the molecule is Cc1ccc(OCCCCn2c(CCCCCNC(=O)Cc3ccccc3)nc3ccccc32)cc1C. The number of fused-ring (bicyclic) bond motifs is 1. The summed E-state index contributed by atoms with van der Waals surface area (Å²) in [5.41, 5.74) is 5.88. The van der Waals surface area contributed by atoms with E-state index >= 15 is 0 Å². The molecule has 0 spiro atoms. The van der Waals surface area contributed by atoms with Crippen LogP contribution in [0.3, 0.4) is 0 Å². The molecule has 3 aromatic carbocycles. The zero-order chi connectivity index (χ0) is 25.9. The molecule has 1 heterocycles. The standard InChI is InChI=1S/C32H39N3O2/c1-25-18-19-28(23-26(25)2)37-22-12-11-21-35-30-16-9-8-15-29(30)34-31(35)17-7-4-10-20-33-32(36)24-27-13-5-3-6-14-27/h3,5-6,8-9,13-16,18-19,23H,4,7,10-12,17,20-22,24H2,1-2H3,(H,33,36). The van der Waals surface area contributed by atoms with Gasteiger partial charge in [0.1, 0.15) is 11.6 Å². The molecule has 1 N–H and O–H groups in total. The third-order valence-corrected chi connectivity index (χ3v) is 6.86. The molecule has 194 valence electrons. The van der Waals surface area contributed by atoms with Gasteiger partial charge in [0.2, 0.25) is 5.91 Å². The molecule has 0 aliphatic carbocycles. The van der Waals surface area contributed by atoms with Gasteiger partial charge in [-0.15, -0.1) is 0 Å². The molecule has 4 rings (SSSR count). The van der Waals surface area contributed by atoms with E-state index in [-0.39, 0.29) is 5.91 Å². The number of aryl methyl sites for hydroxylation is 4. The molecule has 0 unspecified atom stereocenters. The van der Waals surface area contributed by atoms with Crippen LogP contribution in [-0.2, 0) is 24.2 Å². The smallest absolute Gasteiger partial charge is 0.224 e. The fourth-order valence-corrected chi connectivity index (χ4v) is 4.59. The van der Waals surface area contributed by atoms with Crippen LogP contribution in [0.25, 0.3) is 11.0 Å². The van der Waals surface area contributed by atoms with Crippen molar-refractivity contribution in [2.75, 3.05) is 13.2 Å². The first kappa shape index (κ1) is 26.5. The third-order valence-electron chi connectivity index (χ3n) is 6.86. The van der Waals surface area contributed by atoms with E-state index in [9.17, 15) is 4.79 Å². The van der Waals surface area contributed by atoms with E-state index in [4.69, 9.17) is 9.72 Å². The molecule has 1 amide bonds. The number of imidazole rings is 1. The number of carbonyl (C=O) groups excluding carboxylic acids is 1. The average Bonchev–Trinajstić information content (AvgIpc) is 3.26. The van der Waals surface area contributed by atoms with Crippen LogP contribution in [-0.4, -0.2) is 28.6 Å². The van der Waals surface area contributed by atoms with Gasteiger partial charge in [-0.25, -0.2) is 4.98 Å². The number of benzene rings is 3. The molecule has 0 atom stereocenters. The number of hydrogen-bond acceptors (Lipinski definition) is 3. The summed E-state index contributed by atoms with van der Waals surface area (Å²) < 4.78 is 8.36. The number of ether oxygens (including phenoxy) is 1. The van der Waals surface area contributed by atoms with Crippen LogP contribution in [0.15, 0.2) is 72.8 Å². The number of carbonyl (C=O) groups is 1. The summed E-state index contributed by atoms with van der Waals surface area (Å²) in [6, 6.07) is 24.6. The first-order valence-electron chi connectivity index (χ1n) is 13.5. The quantitative estimate of drug-likeness (QED) is 0.200. The van der Waals surface area contributed by atoms with Gasteiger partial charge in [-0.05, 0) is 80.5 Å². The number of para-hydroxylation sites is 2. The number of rotatable bonds is 14. The summed E-state index contributed by atoms with van der Waals surface area (Å²) in [6.07, 6.45) is 6.56. The van der Waals surface area contributed by atoms with Crippen molar-refractivity contribution >= 4 is 16.9 Å². The Bertz CT molecular complexity index is 1280. The highest BCUT2D eigenvalue weighted by Gasteiger charge is 2.10. The van der Waals surface area contributed by atoms with Crippen LogP contribution in [0.2, 0.25) is 0 Å². The van der Waals surface area contributed by atoms with Crippen LogP contribution >= 0.6 is 0 Å². The lowest BCUT2D eigenvalue weighted by Gasteiger charge is -2.11. The lowest BCUT2D eigenvalue weighted by molar-refractivity contribution is -0.120. The molecule has 0 saturated carbocycles. The van der Waals surface area contributed by atoms with Crippen molar-refractivity contribution in [3.05, 3.63) is 95.3 Å². The lowest BCUT2D eigenvalue weighted by Crippen LogP contribution is -2.26. The topological polar surface area (TPSA) is 56.1 Å². The van der Waals surface area contributed by atoms with Crippen LogP contribution < -0.4 is 10.1 Å². The molecule has 5 heteroatoms. The molecule has 0 saturated heterocycles. The molecule has 0 fully saturated rings. The maximum atomic E-state index is 12.1. The van der Waals surface area contributed by atoms with Gasteiger partial charge >= 0.3 is 0 Å². The van der Waals surface area contributed by atoms with Gasteiger partial charge < -0.3 is 14.6 Å². The summed E-state index contributed by atoms with van der Waals surface area (Å²) in [6.45, 7) is 6.64. The molecule has 5 nitrogen and oxygen atoms in total. The molecule has 0 aliphatic rings. The summed E-state index contributed by atoms with van der Waals surface area (Å²) in [5, 5.41) is 3.05. The van der Waals surface area contributed by atoms with E-state index in [2.05, 4.69) is 66.2 Å². The first-order chi connectivity index (χ1) is 18.1. The van der Waals surface area contributed by atoms with Gasteiger partial charge in [-0.1, -0.05) is 55.0 Å². The molecule has 37 heavy (non-hydrogen) atoms. The summed E-state index contributed by atoms with van der Waals surface area (Å²) in [5.74, 6) is 2.20. The Hall–Kier alpha value is -3.60. The highest BCUT2D eigenvalue weighted by molar-refractivity contribution is 5.78. The molecule has 1 aromatic heterocycles. The van der Waals surface area contributed by atoms with E-state index in [1.54, 1.807) is 0 Å². The van der Waals surface area contributed by atoms with Gasteiger partial charge in [0, 0.05) is 19.5 Å². The molecule has 0 radical (unpaired) electrons. The van der Waals surface area contributed by atoms with Crippen molar-refractivity contribution in [3.63, 3.8) is 0 Å². The molecular weight excluding hydrogens is 458 g/mol. The Labute approximate surface area is 220 Å². The Morgan fingerprint density at radius 1 is 0.865 bits per heavy atom. The average molecular weight is 498 g/mol. The largest absolute Gasteiger partial charge is 0.494 e. The zero-order valence-electron chi connectivity index (χ0n) is 22.2. The minimum Gasteiger partial charge on any atom is -0.494 e. The van der Waals surface area contributed by atoms with Crippen molar-refractivity contribution in [1.82, 2.24) is 14.9 Å². The summed E-state index contributed by atoms with van der Waals surface area (Å²) in [7, 11) is 0. The van der Waals surface area contributed by atoms with Gasteiger partial charge in [-0.3, -0.25) is 4.79 Å². The fraction of sp³-hybridized carbons (Fsp3) is 0.375. The first-order valence-corrected chi connectivity index (χ1v) is 13.5. The third kappa shape index (κ3) is 7.94. The van der Waals surface area contributed by atoms with Crippen molar-refractivity contribution in [1.29, 1.82) is 0 Å². The van der Waals surface area contributed by atoms with E-state index < -0.39 is 0 Å². The van der Waals surface area contributed by atoms with E-state index in [0.717, 1.165) is 80.9 Å². The highest BCUT2D eigenvalue weighted by Crippen LogP contribution is 2.20. The van der Waals surface area contributed by atoms with Gasteiger partial charge in [0.15, 0.2) is 0 Å². The van der Waals surface area contributed by atoms with Gasteiger partial charge in [0.05, 0.1) is 24.1 Å². The zero-order valence-corrected chi connectivity index (χ0v) is 22.2. The van der Waals surface area contributed by atoms with Crippen LogP contribution in [0.5, 0.6) is 5.75 Å². The van der Waals surface area contributed by atoms with Crippen LogP contribution in [0.4, 0.5) is 0 Å². The number of nitrogens with one attached hydrogen (secondary N) is 1. The minimum absolute atomic E-state index is 0.0921. The van der Waals surface area contributed by atoms with Crippen molar-refractivity contribution in [2.45, 2.75) is 65.3 Å². The predicted octanol–water partition coefficient (Wildman–Crippen LogP) is 6.58. The Morgan fingerprint density at radius 3 is 2.51 bits per heavy atom. The second-order valence-corrected chi connectivity index (χ2v) is 9.79. The second kappa shape index (κ2) is 13.6. The predicted molar refractivity (Wildman–Crippen MR) is 151 cm³/mol. The number of amides is 1. The molecule has 0 bridgehead atoms. The number of hydrogen-bond donors (Lipinski definition) is 1. The lowest BCUT2D eigenvalue weighted by atomic mass is 10.1. The molecule has 4 aromatic rings. The van der Waals surface area contributed by atoms with Gasteiger partial charge in [0.25, 0.3) is 0 Å². The number of unbranched alkanes of at least 4 members (excludes halogenated alkanes) is 3. The summed E-state index contributed by atoms with van der Waals surface area (Å²) in [4.78, 5) is 17.1. The van der Waals surface area contributed by atoms with Crippen LogP contribution in [0, 0.1) is 13.8 Å². The maximum absolute atomic E-state index is 12.1. The maximum Gasteiger partial charge on any atom is 0.224 e. The van der Waals surface area contributed by atoms with Crippen molar-refractivity contribution < 1.29 is 9.53 Å². The normalized spacial score (nSPS) is 11.1. The van der Waals surface area contributed by atoms with Crippen molar-refractivity contribution in [2.24, 2.45) is 0 Å². The van der Waals surface area contributed by atoms with Crippen molar-refractivity contribution in [3.8, 4) is 5.75 Å². The Morgan fingerprint density at radius 2 is 1.68 bits per heavy atom.